The van der Waals surface area contributed by atoms with Crippen LogP contribution in [0.5, 0.6) is 5.75 Å². The number of hydrogen-bond acceptors (Lipinski definition) is 1. The fraction of sp³-hybridized carbons (Fsp3) is 0.571. The van der Waals surface area contributed by atoms with Crippen LogP contribution in [0, 0.1) is 46.8 Å². The lowest BCUT2D eigenvalue weighted by atomic mass is 9.68. The zero-order valence-electron chi connectivity index (χ0n) is 20.2. The van der Waals surface area contributed by atoms with Crippen LogP contribution < -0.4 is 4.74 Å². The molecule has 198 valence electrons. The van der Waals surface area contributed by atoms with E-state index in [1.807, 2.05) is 6.92 Å². The molecule has 0 unspecified atom stereocenters. The van der Waals surface area contributed by atoms with Crippen molar-refractivity contribution in [2.45, 2.75) is 83.2 Å². The molecule has 8 heteroatoms. The number of benzene rings is 2. The summed E-state index contributed by atoms with van der Waals surface area (Å²) in [6.45, 7) is 1.92. The predicted molar refractivity (Wildman–Crippen MR) is 122 cm³/mol. The Morgan fingerprint density at radius 1 is 0.750 bits per heavy atom. The molecule has 0 radical (unpaired) electrons. The first kappa shape index (κ1) is 26.8. The maximum atomic E-state index is 14.7. The largest absolute Gasteiger partial charge is 0.432 e. The molecule has 2 aromatic carbocycles. The summed E-state index contributed by atoms with van der Waals surface area (Å²) in [5, 5.41) is 0. The molecule has 0 amide bonds. The monoisotopic (exact) mass is 516 g/mol. The van der Waals surface area contributed by atoms with E-state index >= 15 is 0 Å². The fourth-order valence-electron chi connectivity index (χ4n) is 6.04. The van der Waals surface area contributed by atoms with E-state index in [9.17, 15) is 30.7 Å². The molecular formula is C28H31F7O. The van der Waals surface area contributed by atoms with Gasteiger partial charge in [-0.05, 0) is 86.7 Å². The minimum atomic E-state index is -3.63. The summed E-state index contributed by atoms with van der Waals surface area (Å²) < 4.78 is 103. The molecule has 0 atom stereocenters. The average Bonchev–Trinajstić information content (AvgIpc) is 2.85. The van der Waals surface area contributed by atoms with Crippen LogP contribution in [0.2, 0.25) is 0 Å². The highest BCUT2D eigenvalue weighted by Crippen LogP contribution is 2.47. The van der Waals surface area contributed by atoms with Gasteiger partial charge in [0, 0.05) is 12.1 Å². The summed E-state index contributed by atoms with van der Waals surface area (Å²) in [6, 6.07) is 4.23. The van der Waals surface area contributed by atoms with Crippen molar-refractivity contribution >= 4 is 0 Å². The highest BCUT2D eigenvalue weighted by Gasteiger charge is 2.45. The maximum Gasteiger partial charge on any atom is 0.400 e. The van der Waals surface area contributed by atoms with Gasteiger partial charge in [0.05, 0.1) is 5.92 Å². The molecule has 2 aliphatic rings. The van der Waals surface area contributed by atoms with E-state index in [0.29, 0.717) is 48.4 Å². The molecule has 0 heterocycles. The molecular weight excluding hydrogens is 485 g/mol. The van der Waals surface area contributed by atoms with Crippen LogP contribution in [0.1, 0.15) is 81.8 Å². The van der Waals surface area contributed by atoms with Crippen molar-refractivity contribution in [1.82, 2.24) is 0 Å². The Balaban J connectivity index is 1.30. The molecule has 1 nitrogen and oxygen atoms in total. The molecule has 0 bridgehead atoms. The van der Waals surface area contributed by atoms with Gasteiger partial charge < -0.3 is 4.74 Å². The third-order valence-electron chi connectivity index (χ3n) is 8.05. The molecule has 2 aliphatic carbocycles. The van der Waals surface area contributed by atoms with Crippen molar-refractivity contribution in [2.75, 3.05) is 0 Å². The van der Waals surface area contributed by atoms with Gasteiger partial charge in [-0.15, -0.1) is 0 Å². The fourth-order valence-corrected chi connectivity index (χ4v) is 6.04. The van der Waals surface area contributed by atoms with Crippen molar-refractivity contribution in [1.29, 1.82) is 0 Å². The second kappa shape index (κ2) is 11.0. The van der Waals surface area contributed by atoms with Gasteiger partial charge in [-0.1, -0.05) is 25.5 Å². The predicted octanol–water partition coefficient (Wildman–Crippen LogP) is 9.09. The molecule has 0 saturated heterocycles. The van der Waals surface area contributed by atoms with Crippen LogP contribution in [0.3, 0.4) is 0 Å². The topological polar surface area (TPSA) is 9.23 Å². The third-order valence-corrected chi connectivity index (χ3v) is 8.05. The zero-order chi connectivity index (χ0) is 26.0. The number of aryl methyl sites for hydroxylation is 1. The number of hydrogen-bond donors (Lipinski definition) is 0. The van der Waals surface area contributed by atoms with Crippen molar-refractivity contribution in [2.24, 2.45) is 17.8 Å². The Morgan fingerprint density at radius 3 is 1.86 bits per heavy atom. The molecule has 2 saturated carbocycles. The second-order valence-electron chi connectivity index (χ2n) is 10.3. The van der Waals surface area contributed by atoms with E-state index in [-0.39, 0.29) is 24.7 Å². The van der Waals surface area contributed by atoms with Crippen molar-refractivity contribution in [3.63, 3.8) is 0 Å². The third kappa shape index (κ3) is 5.67. The smallest absolute Gasteiger partial charge is 0.400 e. The summed E-state index contributed by atoms with van der Waals surface area (Å²) in [4.78, 5) is 0. The standard InChI is InChI=1S/C28H31F7O/c1-2-3-19-10-13-22(26(32)25(19)31)18-6-4-16(5-7-18)17-8-11-20(12-9-17)28(34,35)36-21-14-23(29)27(33)24(30)15-21/h10,13-18,20H,2-9,11-12H2,1H3. The Bertz CT molecular complexity index is 1030. The van der Waals surface area contributed by atoms with E-state index in [1.165, 1.54) is 0 Å². The molecule has 2 aromatic rings. The van der Waals surface area contributed by atoms with Crippen LogP contribution in [0.4, 0.5) is 30.7 Å². The molecule has 0 aromatic heterocycles. The van der Waals surface area contributed by atoms with E-state index in [4.69, 9.17) is 0 Å². The van der Waals surface area contributed by atoms with Crippen LogP contribution in [0.15, 0.2) is 24.3 Å². The quantitative estimate of drug-likeness (QED) is 0.263. The molecule has 36 heavy (non-hydrogen) atoms. The van der Waals surface area contributed by atoms with Crippen molar-refractivity contribution < 1.29 is 35.5 Å². The summed E-state index contributed by atoms with van der Waals surface area (Å²) in [5.41, 5.74) is 0.833. The Morgan fingerprint density at radius 2 is 1.31 bits per heavy atom. The van der Waals surface area contributed by atoms with E-state index < -0.39 is 46.9 Å². The van der Waals surface area contributed by atoms with Gasteiger partial charge >= 0.3 is 6.11 Å². The highest BCUT2D eigenvalue weighted by atomic mass is 19.3. The Labute approximate surface area is 207 Å². The summed E-state index contributed by atoms with van der Waals surface area (Å²) in [6.07, 6.45) is 2.27. The van der Waals surface area contributed by atoms with Gasteiger partial charge in [0.1, 0.15) is 5.75 Å². The molecule has 0 aliphatic heterocycles. The molecule has 2 fully saturated rings. The molecule has 0 spiro atoms. The van der Waals surface area contributed by atoms with Gasteiger partial charge in [-0.3, -0.25) is 0 Å². The lowest BCUT2D eigenvalue weighted by Gasteiger charge is -2.39. The first-order valence-electron chi connectivity index (χ1n) is 12.8. The SMILES string of the molecule is CCCc1ccc(C2CCC(C3CCC(C(F)(F)Oc4cc(F)c(F)c(F)c4)CC3)CC2)c(F)c1F. The van der Waals surface area contributed by atoms with Crippen LogP contribution >= 0.6 is 0 Å². The van der Waals surface area contributed by atoms with E-state index in [0.717, 1.165) is 32.1 Å². The van der Waals surface area contributed by atoms with Gasteiger partial charge in [-0.2, -0.15) is 8.78 Å². The minimum Gasteiger partial charge on any atom is -0.432 e. The van der Waals surface area contributed by atoms with Crippen LogP contribution in [-0.4, -0.2) is 6.11 Å². The van der Waals surface area contributed by atoms with Gasteiger partial charge in [0.25, 0.3) is 0 Å². The number of halogens is 7. The number of alkyl halides is 2. The molecule has 0 N–H and O–H groups in total. The Kier molecular flexibility index (Phi) is 8.20. The first-order valence-corrected chi connectivity index (χ1v) is 12.8. The first-order chi connectivity index (χ1) is 17.1. The van der Waals surface area contributed by atoms with Crippen molar-refractivity contribution in [3.8, 4) is 5.75 Å². The lowest BCUT2D eigenvalue weighted by molar-refractivity contribution is -0.224. The molecule has 4 rings (SSSR count). The lowest BCUT2D eigenvalue weighted by Crippen LogP contribution is -2.38. The minimum absolute atomic E-state index is 0.0444. The van der Waals surface area contributed by atoms with Gasteiger partial charge in [0.15, 0.2) is 29.1 Å². The normalized spacial score (nSPS) is 25.1. The van der Waals surface area contributed by atoms with E-state index in [1.54, 1.807) is 12.1 Å². The summed E-state index contributed by atoms with van der Waals surface area (Å²) >= 11 is 0. The second-order valence-corrected chi connectivity index (χ2v) is 10.3. The van der Waals surface area contributed by atoms with Crippen LogP contribution in [-0.2, 0) is 6.42 Å². The van der Waals surface area contributed by atoms with Gasteiger partial charge in [-0.25, -0.2) is 22.0 Å². The maximum absolute atomic E-state index is 14.7. The number of rotatable bonds is 7. The van der Waals surface area contributed by atoms with Crippen LogP contribution in [0.25, 0.3) is 0 Å². The zero-order valence-corrected chi connectivity index (χ0v) is 20.2. The Hall–Kier alpha value is -2.25. The average molecular weight is 517 g/mol. The highest BCUT2D eigenvalue weighted by molar-refractivity contribution is 5.29. The van der Waals surface area contributed by atoms with E-state index in [2.05, 4.69) is 4.74 Å². The van der Waals surface area contributed by atoms with Gasteiger partial charge in [0.2, 0.25) is 0 Å². The van der Waals surface area contributed by atoms with Crippen molar-refractivity contribution in [3.05, 3.63) is 64.5 Å². The number of ether oxygens (including phenoxy) is 1. The summed E-state index contributed by atoms with van der Waals surface area (Å²) in [5.74, 6) is -7.70. The summed E-state index contributed by atoms with van der Waals surface area (Å²) in [7, 11) is 0.